The minimum atomic E-state index is -3.52. The van der Waals surface area contributed by atoms with Crippen molar-refractivity contribution in [2.75, 3.05) is 6.54 Å². The van der Waals surface area contributed by atoms with Crippen molar-refractivity contribution in [3.05, 3.63) is 12.4 Å². The molecule has 112 valence electrons. The summed E-state index contributed by atoms with van der Waals surface area (Å²) in [6.07, 6.45) is 5.19. The first-order valence-corrected chi connectivity index (χ1v) is 8.15. The van der Waals surface area contributed by atoms with Gasteiger partial charge in [0.15, 0.2) is 0 Å². The van der Waals surface area contributed by atoms with Crippen molar-refractivity contribution < 1.29 is 18.3 Å². The molecule has 1 unspecified atom stereocenters. The van der Waals surface area contributed by atoms with Crippen molar-refractivity contribution >= 4 is 16.0 Å². The minimum Gasteiger partial charge on any atom is -0.481 e. The van der Waals surface area contributed by atoms with E-state index in [0.29, 0.717) is 6.54 Å². The molecule has 0 amide bonds. The van der Waals surface area contributed by atoms with Gasteiger partial charge in [0.1, 0.15) is 4.90 Å². The maximum atomic E-state index is 12.5. The lowest BCUT2D eigenvalue weighted by atomic mass is 10.2. The Morgan fingerprint density at radius 2 is 2.30 bits per heavy atom. The lowest BCUT2D eigenvalue weighted by Gasteiger charge is -2.21. The van der Waals surface area contributed by atoms with Crippen molar-refractivity contribution in [3.8, 4) is 0 Å². The van der Waals surface area contributed by atoms with Gasteiger partial charge in [-0.1, -0.05) is 6.92 Å². The minimum absolute atomic E-state index is 0.0577. The molecule has 0 aromatic carbocycles. The molecule has 1 aromatic heterocycles. The number of hydrogen-bond donors (Lipinski definition) is 1. The van der Waals surface area contributed by atoms with Crippen molar-refractivity contribution in [2.45, 2.75) is 50.1 Å². The average Bonchev–Trinajstić information content (AvgIpc) is 3.05. The van der Waals surface area contributed by atoms with Crippen LogP contribution in [-0.4, -0.2) is 46.2 Å². The van der Waals surface area contributed by atoms with Gasteiger partial charge in [0, 0.05) is 18.8 Å². The molecule has 1 fully saturated rings. The summed E-state index contributed by atoms with van der Waals surface area (Å²) >= 11 is 0. The molecule has 0 radical (unpaired) electrons. The van der Waals surface area contributed by atoms with E-state index in [9.17, 15) is 13.2 Å². The van der Waals surface area contributed by atoms with Crippen LogP contribution in [0.5, 0.6) is 0 Å². The standard InChI is InChI=1S/C12H19N3O4S/c1-2-10-4-3-6-15(10)20(18,19)11-8-13-14(9-11)7-5-12(16)17/h8-10H,2-7H2,1H3,(H,16,17). The first-order valence-electron chi connectivity index (χ1n) is 6.71. The normalized spacial score (nSPS) is 20.4. The summed E-state index contributed by atoms with van der Waals surface area (Å²) in [5, 5.41) is 12.5. The Balaban J connectivity index is 2.15. The number of sulfonamides is 1. The molecule has 1 aromatic rings. The topological polar surface area (TPSA) is 92.5 Å². The molecule has 0 saturated carbocycles. The predicted molar refractivity (Wildman–Crippen MR) is 71.7 cm³/mol. The molecule has 0 aliphatic carbocycles. The van der Waals surface area contributed by atoms with Crippen LogP contribution in [0, 0.1) is 0 Å². The van der Waals surface area contributed by atoms with E-state index in [1.165, 1.54) is 21.4 Å². The maximum absolute atomic E-state index is 12.5. The smallest absolute Gasteiger partial charge is 0.305 e. The summed E-state index contributed by atoms with van der Waals surface area (Å²) < 4.78 is 27.9. The van der Waals surface area contributed by atoms with E-state index in [-0.39, 0.29) is 23.9 Å². The van der Waals surface area contributed by atoms with Crippen LogP contribution in [0.3, 0.4) is 0 Å². The van der Waals surface area contributed by atoms with Crippen LogP contribution >= 0.6 is 0 Å². The number of aliphatic carboxylic acids is 1. The Morgan fingerprint density at radius 3 is 2.95 bits per heavy atom. The lowest BCUT2D eigenvalue weighted by molar-refractivity contribution is -0.137. The highest BCUT2D eigenvalue weighted by molar-refractivity contribution is 7.89. The molecular formula is C12H19N3O4S. The highest BCUT2D eigenvalue weighted by Gasteiger charge is 2.34. The predicted octanol–water partition coefficient (Wildman–Crippen LogP) is 0.921. The van der Waals surface area contributed by atoms with Gasteiger partial charge in [0.2, 0.25) is 10.0 Å². The van der Waals surface area contributed by atoms with E-state index in [1.807, 2.05) is 6.92 Å². The second-order valence-electron chi connectivity index (χ2n) is 4.90. The zero-order chi connectivity index (χ0) is 14.8. The number of rotatable bonds is 6. The number of nitrogens with zero attached hydrogens (tertiary/aromatic N) is 3. The summed E-state index contributed by atoms with van der Waals surface area (Å²) in [6.45, 7) is 2.69. The first kappa shape index (κ1) is 15.0. The van der Waals surface area contributed by atoms with E-state index in [4.69, 9.17) is 5.11 Å². The number of aromatic nitrogens is 2. The summed E-state index contributed by atoms with van der Waals surface area (Å²) in [4.78, 5) is 10.6. The molecule has 1 aliphatic rings. The van der Waals surface area contributed by atoms with Gasteiger partial charge in [-0.3, -0.25) is 9.48 Å². The second-order valence-corrected chi connectivity index (χ2v) is 6.79. The van der Waals surface area contributed by atoms with Gasteiger partial charge in [0.25, 0.3) is 0 Å². The van der Waals surface area contributed by atoms with Gasteiger partial charge in [0.05, 0.1) is 19.2 Å². The molecule has 2 heterocycles. The van der Waals surface area contributed by atoms with Gasteiger partial charge in [-0.25, -0.2) is 8.42 Å². The highest BCUT2D eigenvalue weighted by atomic mass is 32.2. The maximum Gasteiger partial charge on any atom is 0.305 e. The summed E-state index contributed by atoms with van der Waals surface area (Å²) in [7, 11) is -3.52. The van der Waals surface area contributed by atoms with Crippen LogP contribution in [-0.2, 0) is 21.4 Å². The largest absolute Gasteiger partial charge is 0.481 e. The molecule has 7 nitrogen and oxygen atoms in total. The van der Waals surface area contributed by atoms with Crippen LogP contribution in [0.4, 0.5) is 0 Å². The third-order valence-electron chi connectivity index (χ3n) is 3.57. The van der Waals surface area contributed by atoms with E-state index in [0.717, 1.165) is 19.3 Å². The van der Waals surface area contributed by atoms with Gasteiger partial charge in [-0.05, 0) is 19.3 Å². The van der Waals surface area contributed by atoms with E-state index >= 15 is 0 Å². The van der Waals surface area contributed by atoms with Crippen molar-refractivity contribution in [1.29, 1.82) is 0 Å². The number of carbonyl (C=O) groups is 1. The van der Waals surface area contributed by atoms with Crippen LogP contribution in [0.25, 0.3) is 0 Å². The molecule has 1 saturated heterocycles. The van der Waals surface area contributed by atoms with Crippen molar-refractivity contribution in [3.63, 3.8) is 0 Å². The summed E-state index contributed by atoms with van der Waals surface area (Å²) in [5.41, 5.74) is 0. The van der Waals surface area contributed by atoms with Gasteiger partial charge in [-0.15, -0.1) is 0 Å². The fourth-order valence-corrected chi connectivity index (χ4v) is 4.20. The fraction of sp³-hybridized carbons (Fsp3) is 0.667. The average molecular weight is 301 g/mol. The van der Waals surface area contributed by atoms with Crippen LogP contribution in [0.15, 0.2) is 17.3 Å². The van der Waals surface area contributed by atoms with Crippen molar-refractivity contribution in [1.82, 2.24) is 14.1 Å². The Hall–Kier alpha value is -1.41. The SMILES string of the molecule is CCC1CCCN1S(=O)(=O)c1cnn(CCC(=O)O)c1. The number of carboxylic acid groups (broad SMARTS) is 1. The van der Waals surface area contributed by atoms with Gasteiger partial charge < -0.3 is 5.11 Å². The molecule has 2 rings (SSSR count). The second kappa shape index (κ2) is 5.92. The van der Waals surface area contributed by atoms with Crippen LogP contribution in [0.1, 0.15) is 32.6 Å². The Kier molecular flexibility index (Phi) is 4.44. The first-order chi connectivity index (χ1) is 9.45. The zero-order valence-electron chi connectivity index (χ0n) is 11.4. The Bertz CT molecular complexity index is 581. The fourth-order valence-electron chi connectivity index (χ4n) is 2.48. The van der Waals surface area contributed by atoms with Crippen LogP contribution in [0.2, 0.25) is 0 Å². The van der Waals surface area contributed by atoms with Gasteiger partial charge in [-0.2, -0.15) is 9.40 Å². The van der Waals surface area contributed by atoms with Gasteiger partial charge >= 0.3 is 5.97 Å². The highest BCUT2D eigenvalue weighted by Crippen LogP contribution is 2.27. The lowest BCUT2D eigenvalue weighted by Crippen LogP contribution is -2.34. The molecule has 8 heteroatoms. The van der Waals surface area contributed by atoms with E-state index < -0.39 is 16.0 Å². The number of carboxylic acids is 1. The molecule has 1 atom stereocenters. The van der Waals surface area contributed by atoms with E-state index in [1.54, 1.807) is 0 Å². The molecule has 0 bridgehead atoms. The summed E-state index contributed by atoms with van der Waals surface area (Å²) in [6, 6.07) is 0.0577. The summed E-state index contributed by atoms with van der Waals surface area (Å²) in [5.74, 6) is -0.935. The Morgan fingerprint density at radius 1 is 1.55 bits per heavy atom. The molecule has 20 heavy (non-hydrogen) atoms. The molecule has 0 spiro atoms. The third kappa shape index (κ3) is 3.01. The number of aryl methyl sites for hydroxylation is 1. The van der Waals surface area contributed by atoms with Crippen molar-refractivity contribution in [2.24, 2.45) is 0 Å². The molecule has 1 N–H and O–H groups in total. The molecular weight excluding hydrogens is 282 g/mol. The monoisotopic (exact) mass is 301 g/mol. The van der Waals surface area contributed by atoms with Crippen LogP contribution < -0.4 is 0 Å². The zero-order valence-corrected chi connectivity index (χ0v) is 12.2. The Labute approximate surface area is 118 Å². The third-order valence-corrected chi connectivity index (χ3v) is 5.47. The molecule has 1 aliphatic heterocycles. The quantitative estimate of drug-likeness (QED) is 0.843. The number of hydrogen-bond acceptors (Lipinski definition) is 4. The van der Waals surface area contributed by atoms with E-state index in [2.05, 4.69) is 5.10 Å².